The number of benzene rings is 2. The standard InChI is InChI=1S/C18H16O/c1-3-7-15(8-4-1)11-17-13-18(19-14-17)12-16-9-5-2-6-10-16/h1-10,13-14H,11-12H2. The van der Waals surface area contributed by atoms with E-state index in [1.807, 2.05) is 18.4 Å². The summed E-state index contributed by atoms with van der Waals surface area (Å²) >= 11 is 0. The van der Waals surface area contributed by atoms with Gasteiger partial charge in [-0.2, -0.15) is 0 Å². The van der Waals surface area contributed by atoms with Crippen LogP contribution in [0, 0.1) is 0 Å². The summed E-state index contributed by atoms with van der Waals surface area (Å²) in [4.78, 5) is 0. The molecule has 0 aliphatic rings. The highest BCUT2D eigenvalue weighted by molar-refractivity contribution is 5.27. The van der Waals surface area contributed by atoms with Crippen LogP contribution in [-0.2, 0) is 12.8 Å². The van der Waals surface area contributed by atoms with Gasteiger partial charge < -0.3 is 4.42 Å². The Labute approximate surface area is 113 Å². The van der Waals surface area contributed by atoms with E-state index < -0.39 is 0 Å². The van der Waals surface area contributed by atoms with Crippen molar-refractivity contribution in [3.8, 4) is 0 Å². The van der Waals surface area contributed by atoms with Gasteiger partial charge in [0.05, 0.1) is 6.26 Å². The molecule has 0 atom stereocenters. The van der Waals surface area contributed by atoms with Crippen LogP contribution in [0.1, 0.15) is 22.5 Å². The van der Waals surface area contributed by atoms with E-state index >= 15 is 0 Å². The van der Waals surface area contributed by atoms with Gasteiger partial charge in [0.25, 0.3) is 0 Å². The molecule has 1 nitrogen and oxygen atoms in total. The zero-order valence-corrected chi connectivity index (χ0v) is 10.8. The molecular formula is C18H16O. The van der Waals surface area contributed by atoms with Crippen LogP contribution in [-0.4, -0.2) is 0 Å². The van der Waals surface area contributed by atoms with Crippen molar-refractivity contribution < 1.29 is 4.42 Å². The van der Waals surface area contributed by atoms with E-state index in [0.29, 0.717) is 0 Å². The molecule has 1 heteroatoms. The normalized spacial score (nSPS) is 10.5. The topological polar surface area (TPSA) is 13.1 Å². The molecule has 2 aromatic carbocycles. The first-order valence-corrected chi connectivity index (χ1v) is 6.54. The molecule has 0 spiro atoms. The smallest absolute Gasteiger partial charge is 0.108 e. The molecule has 0 radical (unpaired) electrons. The minimum Gasteiger partial charge on any atom is -0.469 e. The Bertz CT molecular complexity index is 567. The zero-order chi connectivity index (χ0) is 12.9. The van der Waals surface area contributed by atoms with E-state index in [4.69, 9.17) is 4.42 Å². The van der Waals surface area contributed by atoms with Crippen LogP contribution < -0.4 is 0 Å². The van der Waals surface area contributed by atoms with E-state index in [2.05, 4.69) is 54.6 Å². The van der Waals surface area contributed by atoms with Gasteiger partial charge in [0.15, 0.2) is 0 Å². The van der Waals surface area contributed by atoms with Crippen LogP contribution in [0.3, 0.4) is 0 Å². The second kappa shape index (κ2) is 5.57. The zero-order valence-electron chi connectivity index (χ0n) is 10.8. The second-order valence-corrected chi connectivity index (χ2v) is 4.75. The summed E-state index contributed by atoms with van der Waals surface area (Å²) in [5, 5.41) is 0. The van der Waals surface area contributed by atoms with Gasteiger partial charge in [-0.05, 0) is 22.8 Å². The maximum atomic E-state index is 5.64. The Hall–Kier alpha value is -2.28. The van der Waals surface area contributed by atoms with Crippen LogP contribution in [0.5, 0.6) is 0 Å². The van der Waals surface area contributed by atoms with Gasteiger partial charge in [0, 0.05) is 12.8 Å². The summed E-state index contributed by atoms with van der Waals surface area (Å²) in [6, 6.07) is 23.0. The lowest BCUT2D eigenvalue weighted by Gasteiger charge is -1.97. The minimum absolute atomic E-state index is 0.857. The van der Waals surface area contributed by atoms with Crippen LogP contribution in [0.25, 0.3) is 0 Å². The number of hydrogen-bond acceptors (Lipinski definition) is 1. The monoisotopic (exact) mass is 248 g/mol. The van der Waals surface area contributed by atoms with Crippen molar-refractivity contribution in [2.24, 2.45) is 0 Å². The van der Waals surface area contributed by atoms with Crippen molar-refractivity contribution in [1.29, 1.82) is 0 Å². The SMILES string of the molecule is c1ccc(Cc2coc(Cc3ccccc3)c2)cc1. The average molecular weight is 248 g/mol. The predicted octanol–water partition coefficient (Wildman–Crippen LogP) is 4.46. The second-order valence-electron chi connectivity index (χ2n) is 4.75. The fourth-order valence-electron chi connectivity index (χ4n) is 2.24. The largest absolute Gasteiger partial charge is 0.469 e. The first kappa shape index (κ1) is 11.8. The van der Waals surface area contributed by atoms with Crippen molar-refractivity contribution >= 4 is 0 Å². The van der Waals surface area contributed by atoms with E-state index in [1.165, 1.54) is 16.7 Å². The average Bonchev–Trinajstić information content (AvgIpc) is 2.88. The maximum absolute atomic E-state index is 5.64. The molecule has 0 unspecified atom stereocenters. The lowest BCUT2D eigenvalue weighted by Crippen LogP contribution is -1.86. The third-order valence-corrected chi connectivity index (χ3v) is 3.18. The summed E-state index contributed by atoms with van der Waals surface area (Å²) in [6.45, 7) is 0. The van der Waals surface area contributed by atoms with Gasteiger partial charge in [-0.25, -0.2) is 0 Å². The Kier molecular flexibility index (Phi) is 3.46. The molecule has 0 aliphatic heterocycles. The molecule has 94 valence electrons. The van der Waals surface area contributed by atoms with Crippen molar-refractivity contribution in [3.05, 3.63) is 95.4 Å². The predicted molar refractivity (Wildman–Crippen MR) is 77.2 cm³/mol. The third kappa shape index (κ3) is 3.14. The van der Waals surface area contributed by atoms with Crippen molar-refractivity contribution in [2.75, 3.05) is 0 Å². The van der Waals surface area contributed by atoms with Gasteiger partial charge in [-0.3, -0.25) is 0 Å². The first-order valence-electron chi connectivity index (χ1n) is 6.54. The number of rotatable bonds is 4. The molecule has 1 aromatic heterocycles. The molecule has 0 aliphatic carbocycles. The highest BCUT2D eigenvalue weighted by atomic mass is 16.3. The molecule has 3 aromatic rings. The van der Waals surface area contributed by atoms with Crippen LogP contribution in [0.2, 0.25) is 0 Å². The molecular weight excluding hydrogens is 232 g/mol. The summed E-state index contributed by atoms with van der Waals surface area (Å²) in [6.07, 6.45) is 3.65. The van der Waals surface area contributed by atoms with Gasteiger partial charge in [-0.15, -0.1) is 0 Å². The molecule has 0 saturated heterocycles. The summed E-state index contributed by atoms with van der Waals surface area (Å²) in [5.74, 6) is 1.03. The number of furan rings is 1. The van der Waals surface area contributed by atoms with Gasteiger partial charge in [0.2, 0.25) is 0 Å². The van der Waals surface area contributed by atoms with Crippen LogP contribution >= 0.6 is 0 Å². The fourth-order valence-corrected chi connectivity index (χ4v) is 2.24. The van der Waals surface area contributed by atoms with Crippen molar-refractivity contribution in [1.82, 2.24) is 0 Å². The van der Waals surface area contributed by atoms with Crippen LogP contribution in [0.15, 0.2) is 77.4 Å². The van der Waals surface area contributed by atoms with Gasteiger partial charge in [0.1, 0.15) is 5.76 Å². The van der Waals surface area contributed by atoms with E-state index in [9.17, 15) is 0 Å². The summed E-state index contributed by atoms with van der Waals surface area (Å²) < 4.78 is 5.64. The molecule has 0 amide bonds. The summed E-state index contributed by atoms with van der Waals surface area (Å²) in [7, 11) is 0. The summed E-state index contributed by atoms with van der Waals surface area (Å²) in [5.41, 5.74) is 3.83. The fraction of sp³-hybridized carbons (Fsp3) is 0.111. The minimum atomic E-state index is 0.857. The Balaban J connectivity index is 1.70. The van der Waals surface area contributed by atoms with E-state index in [0.717, 1.165) is 18.6 Å². The highest BCUT2D eigenvalue weighted by Gasteiger charge is 2.03. The van der Waals surface area contributed by atoms with Gasteiger partial charge in [-0.1, -0.05) is 60.7 Å². The van der Waals surface area contributed by atoms with Crippen LogP contribution in [0.4, 0.5) is 0 Å². The molecule has 0 saturated carbocycles. The molecule has 0 bridgehead atoms. The van der Waals surface area contributed by atoms with E-state index in [1.54, 1.807) is 0 Å². The quantitative estimate of drug-likeness (QED) is 0.664. The number of hydrogen-bond donors (Lipinski definition) is 0. The molecule has 19 heavy (non-hydrogen) atoms. The Morgan fingerprint density at radius 2 is 1.21 bits per heavy atom. The lowest BCUT2D eigenvalue weighted by molar-refractivity contribution is 0.519. The maximum Gasteiger partial charge on any atom is 0.108 e. The Morgan fingerprint density at radius 3 is 1.84 bits per heavy atom. The highest BCUT2D eigenvalue weighted by Crippen LogP contribution is 2.16. The van der Waals surface area contributed by atoms with Gasteiger partial charge >= 0.3 is 0 Å². The Morgan fingerprint density at radius 1 is 0.632 bits per heavy atom. The van der Waals surface area contributed by atoms with Crippen molar-refractivity contribution in [2.45, 2.75) is 12.8 Å². The third-order valence-electron chi connectivity index (χ3n) is 3.18. The lowest BCUT2D eigenvalue weighted by atomic mass is 10.1. The molecule has 0 N–H and O–H groups in total. The molecule has 1 heterocycles. The van der Waals surface area contributed by atoms with Crippen molar-refractivity contribution in [3.63, 3.8) is 0 Å². The molecule has 3 rings (SSSR count). The van der Waals surface area contributed by atoms with E-state index in [-0.39, 0.29) is 0 Å². The first-order chi connectivity index (χ1) is 9.40. The molecule has 0 fully saturated rings.